The van der Waals surface area contributed by atoms with Crippen LogP contribution < -0.4 is 15.5 Å². The molecule has 5 heteroatoms. The molecule has 1 amide bonds. The summed E-state index contributed by atoms with van der Waals surface area (Å²) in [6.45, 7) is 2.35. The minimum absolute atomic E-state index is 0.0934. The Morgan fingerprint density at radius 2 is 1.63 bits per heavy atom. The quantitative estimate of drug-likeness (QED) is 0.764. The number of para-hydroxylation sites is 2. The Hall–Kier alpha value is -2.22. The van der Waals surface area contributed by atoms with Crippen molar-refractivity contribution in [2.75, 3.05) is 29.9 Å². The number of carbonyl (C=O) groups excluding carboxylic acids is 1. The second kappa shape index (κ2) is 9.64. The van der Waals surface area contributed by atoms with Gasteiger partial charge >= 0.3 is 0 Å². The van der Waals surface area contributed by atoms with Crippen LogP contribution in [0, 0.1) is 11.3 Å². The van der Waals surface area contributed by atoms with Gasteiger partial charge in [-0.1, -0.05) is 50.7 Å². The van der Waals surface area contributed by atoms with E-state index in [0.717, 1.165) is 57.3 Å². The largest absolute Gasteiger partial charge is 0.374 e. The van der Waals surface area contributed by atoms with Crippen LogP contribution in [0.25, 0.3) is 0 Å². The number of nitrogens with one attached hydrogen (secondary N) is 2. The van der Waals surface area contributed by atoms with Gasteiger partial charge in [0.2, 0.25) is 5.91 Å². The van der Waals surface area contributed by atoms with Gasteiger partial charge in [-0.15, -0.1) is 0 Å². The molecule has 2 fully saturated rings. The van der Waals surface area contributed by atoms with Crippen molar-refractivity contribution in [3.63, 3.8) is 0 Å². The summed E-state index contributed by atoms with van der Waals surface area (Å²) in [4.78, 5) is 15.0. The first kappa shape index (κ1) is 19.5. The van der Waals surface area contributed by atoms with Crippen molar-refractivity contribution in [2.24, 2.45) is 0 Å². The molecule has 1 aliphatic carbocycles. The second-order valence-corrected chi connectivity index (χ2v) is 7.93. The molecule has 2 aliphatic rings. The molecule has 0 aromatic heterocycles. The molecule has 0 bridgehead atoms. The first-order chi connectivity index (χ1) is 13.2. The summed E-state index contributed by atoms with van der Waals surface area (Å²) < 4.78 is 0. The molecule has 1 aromatic carbocycles. The maximum absolute atomic E-state index is 12.6. The average molecular weight is 369 g/mol. The van der Waals surface area contributed by atoms with Crippen molar-refractivity contribution in [2.45, 2.75) is 69.7 Å². The summed E-state index contributed by atoms with van der Waals surface area (Å²) in [5.74, 6) is -0.0934. The van der Waals surface area contributed by atoms with Gasteiger partial charge in [-0.25, -0.2) is 0 Å². The zero-order chi connectivity index (χ0) is 19.0. The summed E-state index contributed by atoms with van der Waals surface area (Å²) in [7, 11) is 0. The van der Waals surface area contributed by atoms with E-state index in [9.17, 15) is 10.1 Å². The molecule has 5 nitrogen and oxygen atoms in total. The average Bonchev–Trinajstić information content (AvgIpc) is 3.10. The van der Waals surface area contributed by atoms with Crippen molar-refractivity contribution in [1.82, 2.24) is 5.32 Å². The fourth-order valence-corrected chi connectivity index (χ4v) is 4.29. The zero-order valence-corrected chi connectivity index (χ0v) is 16.3. The first-order valence-electron chi connectivity index (χ1n) is 10.5. The van der Waals surface area contributed by atoms with E-state index in [1.807, 2.05) is 12.1 Å². The highest BCUT2D eigenvalue weighted by molar-refractivity contribution is 5.83. The fourth-order valence-electron chi connectivity index (χ4n) is 4.29. The van der Waals surface area contributed by atoms with Crippen molar-refractivity contribution in [3.8, 4) is 6.07 Å². The molecule has 146 valence electrons. The van der Waals surface area contributed by atoms with Crippen LogP contribution >= 0.6 is 0 Å². The third kappa shape index (κ3) is 5.38. The smallest absolute Gasteiger partial charge is 0.240 e. The van der Waals surface area contributed by atoms with Gasteiger partial charge in [0.05, 0.1) is 24.0 Å². The Kier molecular flexibility index (Phi) is 6.98. The number of rotatable bonds is 5. The Bertz CT molecular complexity index is 651. The van der Waals surface area contributed by atoms with Gasteiger partial charge in [-0.2, -0.15) is 5.26 Å². The Labute approximate surface area is 163 Å². The Morgan fingerprint density at radius 3 is 2.30 bits per heavy atom. The zero-order valence-electron chi connectivity index (χ0n) is 16.3. The SMILES string of the molecule is N#CC1(NC(=O)CNc2ccccc2N2CCCCCC2)CCCCCC1. The van der Waals surface area contributed by atoms with Gasteiger partial charge in [0.25, 0.3) is 0 Å². The van der Waals surface area contributed by atoms with Gasteiger partial charge in [0.1, 0.15) is 5.54 Å². The van der Waals surface area contributed by atoms with Crippen LogP contribution in [-0.2, 0) is 4.79 Å². The summed E-state index contributed by atoms with van der Waals surface area (Å²) >= 11 is 0. The molecule has 3 rings (SSSR count). The van der Waals surface area contributed by atoms with Gasteiger partial charge in [-0.3, -0.25) is 4.79 Å². The number of amides is 1. The topological polar surface area (TPSA) is 68.2 Å². The molecule has 1 aromatic rings. The molecule has 0 spiro atoms. The van der Waals surface area contributed by atoms with Crippen LogP contribution in [0.3, 0.4) is 0 Å². The molecule has 0 unspecified atom stereocenters. The first-order valence-corrected chi connectivity index (χ1v) is 10.5. The predicted octanol–water partition coefficient (Wildman–Crippen LogP) is 4.21. The van der Waals surface area contributed by atoms with Crippen molar-refractivity contribution < 1.29 is 4.79 Å². The maximum Gasteiger partial charge on any atom is 0.240 e. The normalized spacial score (nSPS) is 20.0. The number of nitriles is 1. The van der Waals surface area contributed by atoms with E-state index < -0.39 is 5.54 Å². The highest BCUT2D eigenvalue weighted by Gasteiger charge is 2.32. The Morgan fingerprint density at radius 1 is 1.00 bits per heavy atom. The summed E-state index contributed by atoms with van der Waals surface area (Å²) in [5.41, 5.74) is 1.50. The van der Waals surface area contributed by atoms with Crippen LogP contribution in [0.1, 0.15) is 64.2 Å². The van der Waals surface area contributed by atoms with E-state index in [2.05, 4.69) is 33.7 Å². The molecule has 0 atom stereocenters. The third-order valence-corrected chi connectivity index (χ3v) is 5.84. The molecule has 1 saturated heterocycles. The molecule has 27 heavy (non-hydrogen) atoms. The van der Waals surface area contributed by atoms with Crippen LogP contribution in [-0.4, -0.2) is 31.1 Å². The number of nitrogens with zero attached hydrogens (tertiary/aromatic N) is 2. The predicted molar refractivity (Wildman–Crippen MR) is 110 cm³/mol. The van der Waals surface area contributed by atoms with Gasteiger partial charge in [-0.05, 0) is 37.8 Å². The summed E-state index contributed by atoms with van der Waals surface area (Å²) in [6, 6.07) is 10.6. The summed E-state index contributed by atoms with van der Waals surface area (Å²) in [5, 5.41) is 16.0. The van der Waals surface area contributed by atoms with Gasteiger partial charge in [0.15, 0.2) is 0 Å². The molecule has 0 radical (unpaired) electrons. The lowest BCUT2D eigenvalue weighted by atomic mass is 9.92. The lowest BCUT2D eigenvalue weighted by molar-refractivity contribution is -0.120. The maximum atomic E-state index is 12.6. The molecule has 2 N–H and O–H groups in total. The standard InChI is InChI=1S/C22H32N4O/c23-18-22(13-7-1-2-8-14-22)25-21(27)17-24-19-11-5-6-12-20(19)26-15-9-3-4-10-16-26/h5-6,11-12,24H,1-4,7-10,13-17H2,(H,25,27). The van der Waals surface area contributed by atoms with Gasteiger partial charge < -0.3 is 15.5 Å². The number of benzene rings is 1. The van der Waals surface area contributed by atoms with Crippen LogP contribution in [0.5, 0.6) is 0 Å². The number of anilines is 2. The van der Waals surface area contributed by atoms with Crippen molar-refractivity contribution in [1.29, 1.82) is 5.26 Å². The minimum atomic E-state index is -0.681. The highest BCUT2D eigenvalue weighted by Crippen LogP contribution is 2.28. The van der Waals surface area contributed by atoms with Crippen LogP contribution in [0.2, 0.25) is 0 Å². The van der Waals surface area contributed by atoms with E-state index in [1.165, 1.54) is 31.4 Å². The molecule has 1 saturated carbocycles. The highest BCUT2D eigenvalue weighted by atomic mass is 16.2. The Balaban J connectivity index is 1.61. The van der Waals surface area contributed by atoms with Crippen LogP contribution in [0.15, 0.2) is 24.3 Å². The van der Waals surface area contributed by atoms with Crippen LogP contribution in [0.4, 0.5) is 11.4 Å². The lowest BCUT2D eigenvalue weighted by Gasteiger charge is -2.27. The van der Waals surface area contributed by atoms with E-state index in [-0.39, 0.29) is 12.5 Å². The molecular formula is C22H32N4O. The molecule has 1 heterocycles. The number of hydrogen-bond donors (Lipinski definition) is 2. The lowest BCUT2D eigenvalue weighted by Crippen LogP contribution is -2.49. The van der Waals surface area contributed by atoms with E-state index in [1.54, 1.807) is 0 Å². The van der Waals surface area contributed by atoms with Gasteiger partial charge in [0, 0.05) is 13.1 Å². The van der Waals surface area contributed by atoms with E-state index >= 15 is 0 Å². The monoisotopic (exact) mass is 368 g/mol. The van der Waals surface area contributed by atoms with E-state index in [4.69, 9.17) is 0 Å². The van der Waals surface area contributed by atoms with Crippen molar-refractivity contribution in [3.05, 3.63) is 24.3 Å². The fraction of sp³-hybridized carbons (Fsp3) is 0.636. The third-order valence-electron chi connectivity index (χ3n) is 5.84. The molecular weight excluding hydrogens is 336 g/mol. The second-order valence-electron chi connectivity index (χ2n) is 7.93. The number of hydrogen-bond acceptors (Lipinski definition) is 4. The molecule has 1 aliphatic heterocycles. The minimum Gasteiger partial charge on any atom is -0.374 e. The number of carbonyl (C=O) groups is 1. The van der Waals surface area contributed by atoms with E-state index in [0.29, 0.717) is 0 Å². The van der Waals surface area contributed by atoms with Crippen molar-refractivity contribution >= 4 is 17.3 Å². The summed E-state index contributed by atoms with van der Waals surface area (Å²) in [6.07, 6.45) is 10.9.